The minimum atomic E-state index is -5.31. The van der Waals surface area contributed by atoms with Gasteiger partial charge in [0, 0.05) is 18.4 Å². The highest BCUT2D eigenvalue weighted by atomic mass is 32.2. The van der Waals surface area contributed by atoms with Gasteiger partial charge < -0.3 is 35.2 Å². The molecular formula is C38H71N3O13P2S. The SMILES string of the molecule is CCCCCCCCCCCCCCSCC(COP(=O)(O)OP(=O)(O)OC[C@H]1O[C@@H](n2ccc(N)nc2=O)[C@@H](O)[C@@H]1O)OC(=O)CCCCCCCCCCC. The van der Waals surface area contributed by atoms with Crippen molar-refractivity contribution in [1.82, 2.24) is 9.55 Å². The van der Waals surface area contributed by atoms with Crippen LogP contribution in [0.15, 0.2) is 17.1 Å². The van der Waals surface area contributed by atoms with E-state index in [4.69, 9.17) is 24.3 Å². The predicted octanol–water partition coefficient (Wildman–Crippen LogP) is 7.96. The van der Waals surface area contributed by atoms with Crippen LogP contribution in [0.2, 0.25) is 0 Å². The molecule has 2 rings (SSSR count). The summed E-state index contributed by atoms with van der Waals surface area (Å²) in [6, 6.07) is 1.27. The molecular weight excluding hydrogens is 800 g/mol. The Balaban J connectivity index is 1.81. The van der Waals surface area contributed by atoms with Crippen LogP contribution >= 0.6 is 27.4 Å². The molecule has 1 saturated heterocycles. The first-order valence-corrected chi connectivity index (χ1v) is 25.2. The molecule has 1 aromatic rings. The van der Waals surface area contributed by atoms with Crippen molar-refractivity contribution in [3.05, 3.63) is 22.7 Å². The highest BCUT2D eigenvalue weighted by Gasteiger charge is 2.46. The number of anilines is 1. The van der Waals surface area contributed by atoms with Crippen LogP contribution in [0.5, 0.6) is 0 Å². The Kier molecular flexibility index (Phi) is 27.1. The van der Waals surface area contributed by atoms with Gasteiger partial charge in [-0.3, -0.25) is 18.4 Å². The predicted molar refractivity (Wildman–Crippen MR) is 222 cm³/mol. The van der Waals surface area contributed by atoms with E-state index >= 15 is 0 Å². The average Bonchev–Trinajstić information content (AvgIpc) is 3.43. The van der Waals surface area contributed by atoms with Gasteiger partial charge in [-0.05, 0) is 24.7 Å². The van der Waals surface area contributed by atoms with Crippen LogP contribution in [0.4, 0.5) is 5.82 Å². The smallest absolute Gasteiger partial charge is 0.459 e. The van der Waals surface area contributed by atoms with Crippen molar-refractivity contribution < 1.29 is 56.8 Å². The van der Waals surface area contributed by atoms with Gasteiger partial charge in [0.1, 0.15) is 30.2 Å². The summed E-state index contributed by atoms with van der Waals surface area (Å²) in [5.41, 5.74) is 4.61. The molecule has 332 valence electrons. The summed E-state index contributed by atoms with van der Waals surface area (Å²) in [6.45, 7) is 2.96. The number of unbranched alkanes of at least 4 members (excludes halogenated alkanes) is 19. The lowest BCUT2D eigenvalue weighted by molar-refractivity contribution is -0.149. The van der Waals surface area contributed by atoms with Crippen molar-refractivity contribution in [2.75, 3.05) is 30.5 Å². The number of ether oxygens (including phenoxy) is 2. The second kappa shape index (κ2) is 29.8. The number of phosphoric acid groups is 2. The van der Waals surface area contributed by atoms with E-state index in [1.165, 1.54) is 114 Å². The topological polar surface area (TPSA) is 239 Å². The number of carbonyl (C=O) groups excluding carboxylic acids is 1. The van der Waals surface area contributed by atoms with Gasteiger partial charge >= 0.3 is 27.3 Å². The minimum absolute atomic E-state index is 0.0784. The van der Waals surface area contributed by atoms with Gasteiger partial charge in [0.05, 0.1) is 13.2 Å². The molecule has 0 radical (unpaired) electrons. The number of hydrogen-bond acceptors (Lipinski definition) is 14. The molecule has 1 aromatic heterocycles. The number of thioether (sulfide) groups is 1. The van der Waals surface area contributed by atoms with E-state index in [-0.39, 0.29) is 18.0 Å². The van der Waals surface area contributed by atoms with Gasteiger partial charge in [-0.1, -0.05) is 136 Å². The maximum Gasteiger partial charge on any atom is 0.481 e. The Bertz CT molecular complexity index is 1390. The van der Waals surface area contributed by atoms with E-state index in [2.05, 4.69) is 23.1 Å². The largest absolute Gasteiger partial charge is 0.481 e. The number of hydrogen-bond donors (Lipinski definition) is 5. The highest BCUT2D eigenvalue weighted by Crippen LogP contribution is 2.60. The minimum Gasteiger partial charge on any atom is -0.459 e. The fourth-order valence-electron chi connectivity index (χ4n) is 6.44. The molecule has 1 fully saturated rings. The van der Waals surface area contributed by atoms with E-state index < -0.39 is 71.2 Å². The second-order valence-corrected chi connectivity index (χ2v) is 19.0. The maximum absolute atomic E-state index is 12.8. The Morgan fingerprint density at radius 3 is 1.88 bits per heavy atom. The normalized spacial score (nSPS) is 20.9. The molecule has 0 bridgehead atoms. The van der Waals surface area contributed by atoms with Gasteiger partial charge in [0.2, 0.25) is 0 Å². The lowest BCUT2D eigenvalue weighted by atomic mass is 10.1. The molecule has 0 amide bonds. The molecule has 1 aliphatic rings. The second-order valence-electron chi connectivity index (χ2n) is 14.9. The molecule has 6 N–H and O–H groups in total. The molecule has 1 aliphatic heterocycles. The van der Waals surface area contributed by atoms with Crippen LogP contribution in [-0.4, -0.2) is 84.7 Å². The fraction of sp³-hybridized carbons (Fsp3) is 0.868. The zero-order chi connectivity index (χ0) is 41.9. The maximum atomic E-state index is 12.8. The molecule has 2 heterocycles. The number of phosphoric ester groups is 2. The third-order valence-electron chi connectivity index (χ3n) is 9.72. The summed E-state index contributed by atoms with van der Waals surface area (Å²) in [7, 11) is -10.6. The summed E-state index contributed by atoms with van der Waals surface area (Å²) < 4.78 is 51.6. The Morgan fingerprint density at radius 2 is 1.33 bits per heavy atom. The Hall–Kier alpha value is -1.36. The van der Waals surface area contributed by atoms with E-state index in [9.17, 15) is 38.7 Å². The van der Waals surface area contributed by atoms with Crippen LogP contribution in [0, 0.1) is 0 Å². The van der Waals surface area contributed by atoms with Crippen molar-refractivity contribution in [3.8, 4) is 0 Å². The first-order chi connectivity index (χ1) is 27.3. The van der Waals surface area contributed by atoms with E-state index in [0.29, 0.717) is 6.42 Å². The number of nitrogens with two attached hydrogens (primary N) is 1. The van der Waals surface area contributed by atoms with Crippen LogP contribution in [0.25, 0.3) is 0 Å². The van der Waals surface area contributed by atoms with Gasteiger partial charge in [0.25, 0.3) is 0 Å². The Labute approximate surface area is 343 Å². The molecule has 16 nitrogen and oxygen atoms in total. The van der Waals surface area contributed by atoms with E-state index in [1.807, 2.05) is 0 Å². The third kappa shape index (κ3) is 23.3. The highest BCUT2D eigenvalue weighted by molar-refractivity contribution is 7.99. The summed E-state index contributed by atoms with van der Waals surface area (Å²) in [5, 5.41) is 20.8. The molecule has 19 heteroatoms. The summed E-state index contributed by atoms with van der Waals surface area (Å²) in [6.07, 6.45) is 18.8. The van der Waals surface area contributed by atoms with Gasteiger partial charge in [-0.2, -0.15) is 21.1 Å². The first kappa shape index (κ1) is 51.8. The summed E-state index contributed by atoms with van der Waals surface area (Å²) >= 11 is 1.53. The van der Waals surface area contributed by atoms with Gasteiger partial charge in [-0.15, -0.1) is 0 Å². The lowest BCUT2D eigenvalue weighted by Gasteiger charge is -2.21. The molecule has 3 unspecified atom stereocenters. The van der Waals surface area contributed by atoms with Crippen molar-refractivity contribution in [2.24, 2.45) is 0 Å². The van der Waals surface area contributed by atoms with Crippen LogP contribution < -0.4 is 11.4 Å². The van der Waals surface area contributed by atoms with Crippen molar-refractivity contribution in [2.45, 2.75) is 186 Å². The number of aliphatic hydroxyl groups is 2. The third-order valence-corrected chi connectivity index (χ3v) is 13.5. The van der Waals surface area contributed by atoms with Crippen LogP contribution in [0.1, 0.15) is 161 Å². The quantitative estimate of drug-likeness (QED) is 0.0247. The fourth-order valence-corrected chi connectivity index (χ4v) is 9.55. The number of nitrogen functional groups attached to an aromatic ring is 1. The number of rotatable bonds is 35. The number of esters is 1. The molecule has 0 saturated carbocycles. The molecule has 0 aliphatic carbocycles. The van der Waals surface area contributed by atoms with Crippen LogP contribution in [0.3, 0.4) is 0 Å². The van der Waals surface area contributed by atoms with Crippen molar-refractivity contribution in [3.63, 3.8) is 0 Å². The molecule has 57 heavy (non-hydrogen) atoms. The van der Waals surface area contributed by atoms with Crippen molar-refractivity contribution in [1.29, 1.82) is 0 Å². The van der Waals surface area contributed by atoms with Gasteiger partial charge in [0.15, 0.2) is 6.23 Å². The van der Waals surface area contributed by atoms with E-state index in [0.717, 1.165) is 48.8 Å². The monoisotopic (exact) mass is 871 g/mol. The number of nitrogens with zero attached hydrogens (tertiary/aromatic N) is 2. The molecule has 7 atom stereocenters. The van der Waals surface area contributed by atoms with Gasteiger partial charge in [-0.25, -0.2) is 13.9 Å². The molecule has 0 spiro atoms. The number of aromatic nitrogens is 2. The summed E-state index contributed by atoms with van der Waals surface area (Å²) in [4.78, 5) is 49.0. The molecule has 0 aromatic carbocycles. The zero-order valence-electron chi connectivity index (χ0n) is 34.2. The number of aliphatic hydroxyl groups excluding tert-OH is 2. The van der Waals surface area contributed by atoms with Crippen molar-refractivity contribution >= 4 is 39.2 Å². The average molecular weight is 872 g/mol. The van der Waals surface area contributed by atoms with Crippen LogP contribution in [-0.2, 0) is 36.8 Å². The zero-order valence-corrected chi connectivity index (χ0v) is 36.8. The Morgan fingerprint density at radius 1 is 0.825 bits per heavy atom. The first-order valence-electron chi connectivity index (χ1n) is 21.1. The van der Waals surface area contributed by atoms with E-state index in [1.54, 1.807) is 0 Å². The number of carbonyl (C=O) groups is 1. The lowest BCUT2D eigenvalue weighted by Crippen LogP contribution is -2.36. The standard InChI is InChI=1S/C38H71N3O13P2S/c1-3-5-7-9-11-13-14-15-17-19-21-23-27-57-30-31(52-34(42)24-22-20-18-16-12-10-8-6-4-2)28-50-55(46,47)54-56(48,49)51-29-32-35(43)36(44)37(53-32)41-26-25-33(39)40-38(41)45/h25-26,31-32,35-37,43-44H,3-24,27-30H2,1-2H3,(H,46,47)(H,48,49)(H2,39,40,45)/t31?,32-,35-,36+,37-/m1/s1. The summed E-state index contributed by atoms with van der Waals surface area (Å²) in [5.74, 6) is 0.535.